The van der Waals surface area contributed by atoms with Gasteiger partial charge in [-0.3, -0.25) is 9.78 Å². The SMILES string of the molecule is O=C(NCc1nc(-c2ccncc2)cs1)c1ccccc1OCc1ccc(Cl)cc1. The number of nitrogens with one attached hydrogen (secondary N) is 1. The van der Waals surface area contributed by atoms with Gasteiger partial charge in [-0.25, -0.2) is 4.98 Å². The lowest BCUT2D eigenvalue weighted by atomic mass is 10.2. The van der Waals surface area contributed by atoms with E-state index in [2.05, 4.69) is 15.3 Å². The number of rotatable bonds is 7. The Hall–Kier alpha value is -3.22. The Kier molecular flexibility index (Phi) is 6.37. The fourth-order valence-corrected chi connectivity index (χ4v) is 3.69. The molecule has 7 heteroatoms. The summed E-state index contributed by atoms with van der Waals surface area (Å²) < 4.78 is 5.88. The standard InChI is InChI=1S/C23H18ClN3O2S/c24-18-7-5-16(6-8-18)14-29-21-4-2-1-3-19(21)23(28)26-13-22-27-20(15-30-22)17-9-11-25-12-10-17/h1-12,15H,13-14H2,(H,26,28). The molecule has 0 aliphatic heterocycles. The van der Waals surface area contributed by atoms with Gasteiger partial charge in [-0.05, 0) is 42.0 Å². The van der Waals surface area contributed by atoms with Gasteiger partial charge in [0, 0.05) is 28.4 Å². The molecule has 1 amide bonds. The van der Waals surface area contributed by atoms with Crippen LogP contribution in [-0.2, 0) is 13.2 Å². The van der Waals surface area contributed by atoms with Crippen LogP contribution >= 0.6 is 22.9 Å². The van der Waals surface area contributed by atoms with E-state index >= 15 is 0 Å². The second-order valence-corrected chi connectivity index (χ2v) is 7.84. The molecule has 0 fully saturated rings. The van der Waals surface area contributed by atoms with Gasteiger partial charge in [-0.1, -0.05) is 35.9 Å². The lowest BCUT2D eigenvalue weighted by molar-refractivity contribution is 0.0946. The van der Waals surface area contributed by atoms with Crippen molar-refractivity contribution in [1.82, 2.24) is 15.3 Å². The predicted molar refractivity (Wildman–Crippen MR) is 119 cm³/mol. The monoisotopic (exact) mass is 435 g/mol. The summed E-state index contributed by atoms with van der Waals surface area (Å²) in [6, 6.07) is 18.4. The minimum absolute atomic E-state index is 0.206. The number of benzene rings is 2. The van der Waals surface area contributed by atoms with Crippen LogP contribution in [0.4, 0.5) is 0 Å². The van der Waals surface area contributed by atoms with Crippen molar-refractivity contribution in [3.8, 4) is 17.0 Å². The lowest BCUT2D eigenvalue weighted by Gasteiger charge is -2.11. The average Bonchev–Trinajstić information content (AvgIpc) is 3.27. The van der Waals surface area contributed by atoms with E-state index in [9.17, 15) is 4.79 Å². The summed E-state index contributed by atoms with van der Waals surface area (Å²) in [6.45, 7) is 0.698. The van der Waals surface area contributed by atoms with Crippen LogP contribution < -0.4 is 10.1 Å². The van der Waals surface area contributed by atoms with Crippen LogP contribution in [0.2, 0.25) is 5.02 Å². The molecular formula is C23H18ClN3O2S. The molecule has 5 nitrogen and oxygen atoms in total. The molecule has 1 N–H and O–H groups in total. The van der Waals surface area contributed by atoms with Crippen LogP contribution in [0.3, 0.4) is 0 Å². The first-order chi connectivity index (χ1) is 14.7. The molecule has 0 aliphatic carbocycles. The largest absolute Gasteiger partial charge is 0.488 e. The Labute approximate surface area is 183 Å². The van der Waals surface area contributed by atoms with Crippen LogP contribution in [0, 0.1) is 0 Å². The van der Waals surface area contributed by atoms with Crippen molar-refractivity contribution in [3.63, 3.8) is 0 Å². The smallest absolute Gasteiger partial charge is 0.255 e. The molecule has 2 heterocycles. The molecule has 0 saturated carbocycles. The maximum atomic E-state index is 12.7. The highest BCUT2D eigenvalue weighted by Crippen LogP contribution is 2.22. The molecule has 4 rings (SSSR count). The normalized spacial score (nSPS) is 10.6. The molecule has 2 aromatic carbocycles. The number of aromatic nitrogens is 2. The summed E-state index contributed by atoms with van der Waals surface area (Å²) in [5, 5.41) is 6.40. The molecule has 150 valence electrons. The molecule has 0 aliphatic rings. The van der Waals surface area contributed by atoms with Gasteiger partial charge >= 0.3 is 0 Å². The molecule has 2 aromatic heterocycles. The fraction of sp³-hybridized carbons (Fsp3) is 0.0870. The number of para-hydroxylation sites is 1. The Morgan fingerprint density at radius 1 is 1.03 bits per heavy atom. The van der Waals surface area contributed by atoms with E-state index < -0.39 is 0 Å². The van der Waals surface area contributed by atoms with Crippen LogP contribution in [-0.4, -0.2) is 15.9 Å². The first-order valence-electron chi connectivity index (χ1n) is 9.28. The molecule has 4 aromatic rings. The van der Waals surface area contributed by atoms with Gasteiger partial charge < -0.3 is 10.1 Å². The molecule has 0 unspecified atom stereocenters. The highest BCUT2D eigenvalue weighted by molar-refractivity contribution is 7.09. The highest BCUT2D eigenvalue weighted by atomic mass is 35.5. The van der Waals surface area contributed by atoms with E-state index in [4.69, 9.17) is 16.3 Å². The molecule has 30 heavy (non-hydrogen) atoms. The van der Waals surface area contributed by atoms with Gasteiger partial charge in [0.25, 0.3) is 5.91 Å². The molecule has 0 bridgehead atoms. The maximum absolute atomic E-state index is 12.7. The number of amides is 1. The van der Waals surface area contributed by atoms with Gasteiger partial charge in [0.2, 0.25) is 0 Å². The summed E-state index contributed by atoms with van der Waals surface area (Å²) >= 11 is 7.42. The van der Waals surface area contributed by atoms with Gasteiger partial charge in [0.15, 0.2) is 0 Å². The number of ether oxygens (including phenoxy) is 1. The Morgan fingerprint density at radius 2 is 1.80 bits per heavy atom. The van der Waals surface area contributed by atoms with E-state index in [0.717, 1.165) is 21.8 Å². The predicted octanol–water partition coefficient (Wildman–Crippen LogP) is 5.37. The number of hydrogen-bond acceptors (Lipinski definition) is 5. The minimum Gasteiger partial charge on any atom is -0.488 e. The second-order valence-electron chi connectivity index (χ2n) is 6.46. The topological polar surface area (TPSA) is 64.1 Å². The Morgan fingerprint density at radius 3 is 2.60 bits per heavy atom. The van der Waals surface area contributed by atoms with Gasteiger partial charge in [0.05, 0.1) is 17.8 Å². The summed E-state index contributed by atoms with van der Waals surface area (Å²) in [7, 11) is 0. The molecular weight excluding hydrogens is 418 g/mol. The average molecular weight is 436 g/mol. The summed E-state index contributed by atoms with van der Waals surface area (Å²) in [4.78, 5) is 21.3. The quantitative estimate of drug-likeness (QED) is 0.424. The third-order valence-electron chi connectivity index (χ3n) is 4.37. The van der Waals surface area contributed by atoms with Crippen molar-refractivity contribution in [2.75, 3.05) is 0 Å². The van der Waals surface area contributed by atoms with Gasteiger partial charge in [-0.15, -0.1) is 11.3 Å². The van der Waals surface area contributed by atoms with Crippen LogP contribution in [0.5, 0.6) is 5.75 Å². The zero-order valence-electron chi connectivity index (χ0n) is 15.9. The van der Waals surface area contributed by atoms with Crippen molar-refractivity contribution in [3.05, 3.63) is 99.6 Å². The third-order valence-corrected chi connectivity index (χ3v) is 5.47. The lowest BCUT2D eigenvalue weighted by Crippen LogP contribution is -2.23. The fourth-order valence-electron chi connectivity index (χ4n) is 2.82. The maximum Gasteiger partial charge on any atom is 0.255 e. The zero-order chi connectivity index (χ0) is 20.8. The number of halogens is 1. The summed E-state index contributed by atoms with van der Waals surface area (Å²) in [5.74, 6) is 0.323. The number of carbonyl (C=O) groups is 1. The number of hydrogen-bond donors (Lipinski definition) is 1. The first kappa shape index (κ1) is 20.1. The van der Waals surface area contributed by atoms with Crippen LogP contribution in [0.15, 0.2) is 78.4 Å². The Bertz CT molecular complexity index is 1130. The molecule has 0 spiro atoms. The summed E-state index contributed by atoms with van der Waals surface area (Å²) in [6.07, 6.45) is 3.47. The number of thiazole rings is 1. The third kappa shape index (κ3) is 5.03. The van der Waals surface area contributed by atoms with E-state index in [1.54, 1.807) is 24.5 Å². The van der Waals surface area contributed by atoms with E-state index in [1.807, 2.05) is 53.9 Å². The number of carbonyl (C=O) groups excluding carboxylic acids is 1. The zero-order valence-corrected chi connectivity index (χ0v) is 17.5. The van der Waals surface area contributed by atoms with Crippen LogP contribution in [0.25, 0.3) is 11.3 Å². The van der Waals surface area contributed by atoms with Crippen molar-refractivity contribution < 1.29 is 9.53 Å². The number of pyridine rings is 1. The van der Waals surface area contributed by atoms with Crippen LogP contribution in [0.1, 0.15) is 20.9 Å². The van der Waals surface area contributed by atoms with Crippen molar-refractivity contribution in [2.24, 2.45) is 0 Å². The summed E-state index contributed by atoms with van der Waals surface area (Å²) in [5.41, 5.74) is 3.33. The minimum atomic E-state index is -0.206. The van der Waals surface area contributed by atoms with Gasteiger partial charge in [0.1, 0.15) is 17.4 Å². The molecule has 0 atom stereocenters. The van der Waals surface area contributed by atoms with E-state index in [1.165, 1.54) is 11.3 Å². The van der Waals surface area contributed by atoms with E-state index in [0.29, 0.717) is 29.5 Å². The molecule has 0 saturated heterocycles. The van der Waals surface area contributed by atoms with Crippen molar-refractivity contribution in [1.29, 1.82) is 0 Å². The first-order valence-corrected chi connectivity index (χ1v) is 10.5. The Balaban J connectivity index is 1.39. The van der Waals surface area contributed by atoms with Gasteiger partial charge in [-0.2, -0.15) is 0 Å². The molecule has 0 radical (unpaired) electrons. The second kappa shape index (κ2) is 9.52. The van der Waals surface area contributed by atoms with Crippen molar-refractivity contribution >= 4 is 28.8 Å². The van der Waals surface area contributed by atoms with Crippen molar-refractivity contribution in [2.45, 2.75) is 13.2 Å². The number of nitrogens with zero attached hydrogens (tertiary/aromatic N) is 2. The highest BCUT2D eigenvalue weighted by Gasteiger charge is 2.13. The van der Waals surface area contributed by atoms with E-state index in [-0.39, 0.29) is 5.91 Å².